The van der Waals surface area contributed by atoms with Crippen LogP contribution in [0.2, 0.25) is 0 Å². The normalized spacial score (nSPS) is 14.0. The minimum absolute atomic E-state index is 0.241. The maximum Gasteiger partial charge on any atom is 0.271 e. The van der Waals surface area contributed by atoms with E-state index in [1.807, 2.05) is 0 Å². The summed E-state index contributed by atoms with van der Waals surface area (Å²) in [6.07, 6.45) is 4.08. The highest BCUT2D eigenvalue weighted by atomic mass is 16.5. The van der Waals surface area contributed by atoms with Gasteiger partial charge in [-0.1, -0.05) is 0 Å². The van der Waals surface area contributed by atoms with E-state index in [-0.39, 0.29) is 5.91 Å². The number of pyridine rings is 1. The zero-order valence-electron chi connectivity index (χ0n) is 11.7. The minimum atomic E-state index is -0.241. The molecule has 7 heteroatoms. The van der Waals surface area contributed by atoms with Crippen molar-refractivity contribution in [2.24, 2.45) is 5.92 Å². The smallest absolute Gasteiger partial charge is 0.271 e. The van der Waals surface area contributed by atoms with Crippen molar-refractivity contribution in [2.45, 2.75) is 12.8 Å². The SMILES string of the molecule is CNC(=O)c1ccn(-c2ccc(N)c(OCC3CC3)n2)n1. The second kappa shape index (κ2) is 5.43. The summed E-state index contributed by atoms with van der Waals surface area (Å²) in [6, 6.07) is 5.09. The molecule has 1 saturated carbocycles. The van der Waals surface area contributed by atoms with Crippen molar-refractivity contribution in [3.8, 4) is 11.7 Å². The molecular weight excluding hydrogens is 270 g/mol. The van der Waals surface area contributed by atoms with Crippen LogP contribution in [-0.4, -0.2) is 34.3 Å². The van der Waals surface area contributed by atoms with Crippen molar-refractivity contribution < 1.29 is 9.53 Å². The summed E-state index contributed by atoms with van der Waals surface area (Å²) in [5.41, 5.74) is 6.70. The summed E-state index contributed by atoms with van der Waals surface area (Å²) in [5.74, 6) is 1.36. The molecule has 0 aromatic carbocycles. The maximum atomic E-state index is 11.5. The number of nitrogen functional groups attached to an aromatic ring is 1. The van der Waals surface area contributed by atoms with Gasteiger partial charge < -0.3 is 15.8 Å². The van der Waals surface area contributed by atoms with E-state index in [1.54, 1.807) is 31.4 Å². The monoisotopic (exact) mass is 287 g/mol. The largest absolute Gasteiger partial charge is 0.476 e. The third-order valence-electron chi connectivity index (χ3n) is 3.31. The lowest BCUT2D eigenvalue weighted by atomic mass is 10.4. The van der Waals surface area contributed by atoms with Crippen LogP contribution in [-0.2, 0) is 0 Å². The van der Waals surface area contributed by atoms with Crippen molar-refractivity contribution in [1.82, 2.24) is 20.1 Å². The van der Waals surface area contributed by atoms with Crippen LogP contribution < -0.4 is 15.8 Å². The Morgan fingerprint density at radius 1 is 1.48 bits per heavy atom. The second-order valence-corrected chi connectivity index (χ2v) is 5.04. The van der Waals surface area contributed by atoms with Crippen LogP contribution >= 0.6 is 0 Å². The average molecular weight is 287 g/mol. The predicted octanol–water partition coefficient (Wildman–Crippen LogP) is 0.998. The highest BCUT2D eigenvalue weighted by molar-refractivity contribution is 5.91. The molecule has 2 aromatic rings. The molecule has 3 N–H and O–H groups in total. The number of carbonyl (C=O) groups excluding carboxylic acids is 1. The van der Waals surface area contributed by atoms with Crippen molar-refractivity contribution in [3.63, 3.8) is 0 Å². The molecule has 1 fully saturated rings. The number of hydrogen-bond donors (Lipinski definition) is 2. The predicted molar refractivity (Wildman–Crippen MR) is 77.4 cm³/mol. The van der Waals surface area contributed by atoms with Crippen LogP contribution in [0.4, 0.5) is 5.69 Å². The maximum absolute atomic E-state index is 11.5. The Labute approximate surface area is 122 Å². The quantitative estimate of drug-likeness (QED) is 0.855. The Balaban J connectivity index is 1.82. The van der Waals surface area contributed by atoms with Gasteiger partial charge in [0.05, 0.1) is 12.3 Å². The fourth-order valence-corrected chi connectivity index (χ4v) is 1.87. The Morgan fingerprint density at radius 3 is 3.00 bits per heavy atom. The number of aromatic nitrogens is 3. The summed E-state index contributed by atoms with van der Waals surface area (Å²) in [7, 11) is 1.56. The van der Waals surface area contributed by atoms with Gasteiger partial charge in [0.1, 0.15) is 0 Å². The molecule has 110 valence electrons. The average Bonchev–Trinajstić information content (AvgIpc) is 3.20. The summed E-state index contributed by atoms with van der Waals surface area (Å²) in [5, 5.41) is 6.70. The van der Waals surface area contributed by atoms with Gasteiger partial charge in [-0.15, -0.1) is 0 Å². The van der Waals surface area contributed by atoms with E-state index >= 15 is 0 Å². The molecule has 0 radical (unpaired) electrons. The van der Waals surface area contributed by atoms with Gasteiger partial charge in [-0.3, -0.25) is 4.79 Å². The summed E-state index contributed by atoms with van der Waals surface area (Å²) >= 11 is 0. The highest BCUT2D eigenvalue weighted by Gasteiger charge is 2.22. The lowest BCUT2D eigenvalue weighted by Gasteiger charge is -2.09. The third-order valence-corrected chi connectivity index (χ3v) is 3.31. The molecule has 0 saturated heterocycles. The fourth-order valence-electron chi connectivity index (χ4n) is 1.87. The molecule has 7 nitrogen and oxygen atoms in total. The van der Waals surface area contributed by atoms with Crippen molar-refractivity contribution in [1.29, 1.82) is 0 Å². The number of anilines is 1. The first kappa shape index (κ1) is 13.4. The minimum Gasteiger partial charge on any atom is -0.476 e. The van der Waals surface area contributed by atoms with Gasteiger partial charge in [-0.05, 0) is 37.0 Å². The molecular formula is C14H17N5O2. The fraction of sp³-hybridized carbons (Fsp3) is 0.357. The van der Waals surface area contributed by atoms with Gasteiger partial charge in [0.2, 0.25) is 5.88 Å². The first-order valence-electron chi connectivity index (χ1n) is 6.85. The van der Waals surface area contributed by atoms with E-state index in [9.17, 15) is 4.79 Å². The number of nitrogens with two attached hydrogens (primary N) is 1. The number of nitrogens with zero attached hydrogens (tertiary/aromatic N) is 3. The van der Waals surface area contributed by atoms with Crippen LogP contribution in [0.3, 0.4) is 0 Å². The van der Waals surface area contributed by atoms with Gasteiger partial charge in [0, 0.05) is 13.2 Å². The summed E-state index contributed by atoms with van der Waals surface area (Å²) in [4.78, 5) is 15.9. The molecule has 0 aliphatic heterocycles. The highest BCUT2D eigenvalue weighted by Crippen LogP contribution is 2.30. The number of amides is 1. The van der Waals surface area contributed by atoms with Crippen molar-refractivity contribution >= 4 is 11.6 Å². The lowest BCUT2D eigenvalue weighted by Crippen LogP contribution is -2.18. The van der Waals surface area contributed by atoms with Crippen LogP contribution in [0.5, 0.6) is 5.88 Å². The Hall–Kier alpha value is -2.57. The molecule has 1 aliphatic rings. The molecule has 1 amide bonds. The Bertz CT molecular complexity index is 663. The molecule has 3 rings (SSSR count). The number of hydrogen-bond acceptors (Lipinski definition) is 5. The molecule has 0 bridgehead atoms. The summed E-state index contributed by atoms with van der Waals surface area (Å²) in [6.45, 7) is 0.642. The number of nitrogens with one attached hydrogen (secondary N) is 1. The molecule has 21 heavy (non-hydrogen) atoms. The Morgan fingerprint density at radius 2 is 2.29 bits per heavy atom. The first-order valence-corrected chi connectivity index (χ1v) is 6.85. The van der Waals surface area contributed by atoms with E-state index in [0.717, 1.165) is 0 Å². The second-order valence-electron chi connectivity index (χ2n) is 5.04. The standard InChI is InChI=1S/C14H17N5O2/c1-16-13(20)11-6-7-19(18-11)12-5-4-10(15)14(17-12)21-8-9-2-3-9/h4-7,9H,2-3,8,15H2,1H3,(H,16,20). The van der Waals surface area contributed by atoms with E-state index in [2.05, 4.69) is 15.4 Å². The van der Waals surface area contributed by atoms with E-state index in [4.69, 9.17) is 10.5 Å². The third kappa shape index (κ3) is 2.96. The van der Waals surface area contributed by atoms with Gasteiger partial charge >= 0.3 is 0 Å². The number of ether oxygens (including phenoxy) is 1. The molecule has 2 aromatic heterocycles. The van der Waals surface area contributed by atoms with Crippen LogP contribution in [0.25, 0.3) is 5.82 Å². The van der Waals surface area contributed by atoms with E-state index < -0.39 is 0 Å². The van der Waals surface area contributed by atoms with Crippen molar-refractivity contribution in [2.75, 3.05) is 19.4 Å². The zero-order valence-corrected chi connectivity index (χ0v) is 11.7. The Kier molecular flexibility index (Phi) is 3.47. The lowest BCUT2D eigenvalue weighted by molar-refractivity contribution is 0.0957. The van der Waals surface area contributed by atoms with Gasteiger partial charge in [-0.25, -0.2) is 4.68 Å². The van der Waals surface area contributed by atoms with Crippen LogP contribution in [0.1, 0.15) is 23.3 Å². The zero-order chi connectivity index (χ0) is 14.8. The van der Waals surface area contributed by atoms with Gasteiger partial charge in [0.15, 0.2) is 11.5 Å². The summed E-state index contributed by atoms with van der Waals surface area (Å²) < 4.78 is 7.16. The number of rotatable bonds is 5. The molecule has 0 unspecified atom stereocenters. The molecule has 1 aliphatic carbocycles. The van der Waals surface area contributed by atoms with Crippen molar-refractivity contribution in [3.05, 3.63) is 30.1 Å². The van der Waals surface area contributed by atoms with Crippen LogP contribution in [0.15, 0.2) is 24.4 Å². The first-order chi connectivity index (χ1) is 10.2. The van der Waals surface area contributed by atoms with Gasteiger partial charge in [-0.2, -0.15) is 10.1 Å². The van der Waals surface area contributed by atoms with Crippen LogP contribution in [0, 0.1) is 5.92 Å². The topological polar surface area (TPSA) is 95.1 Å². The number of carbonyl (C=O) groups is 1. The molecule has 0 atom stereocenters. The molecule has 0 spiro atoms. The van der Waals surface area contributed by atoms with E-state index in [1.165, 1.54) is 17.5 Å². The molecule has 2 heterocycles. The van der Waals surface area contributed by atoms with Gasteiger partial charge in [0.25, 0.3) is 5.91 Å². The van der Waals surface area contributed by atoms with E-state index in [0.29, 0.717) is 35.6 Å².